The topological polar surface area (TPSA) is 36.3 Å². The van der Waals surface area contributed by atoms with Crippen LogP contribution in [0.15, 0.2) is 41.4 Å². The molecule has 0 radical (unpaired) electrons. The number of aromatic nitrogens is 2. The molecule has 0 aliphatic rings. The van der Waals surface area contributed by atoms with Gasteiger partial charge in [0.05, 0.1) is 23.0 Å². The lowest BCUT2D eigenvalue weighted by atomic mass is 10.1. The number of hydrogen-bond donors (Lipinski definition) is 0. The number of benzene rings is 1. The molecule has 2 rings (SSSR count). The van der Waals surface area contributed by atoms with Crippen LogP contribution in [0.2, 0.25) is 10.0 Å². The zero-order valence-corrected chi connectivity index (χ0v) is 18.6. The van der Waals surface area contributed by atoms with Gasteiger partial charge in [0.1, 0.15) is 16.8 Å². The summed E-state index contributed by atoms with van der Waals surface area (Å²) in [5.74, 6) is 1.02. The second-order valence-electron chi connectivity index (χ2n) is 6.29. The predicted molar refractivity (Wildman–Crippen MR) is 117 cm³/mol. The Morgan fingerprint density at radius 3 is 2.29 bits per heavy atom. The zero-order valence-electron chi connectivity index (χ0n) is 15.6. The Morgan fingerprint density at radius 1 is 0.964 bits per heavy atom. The predicted octanol–water partition coefficient (Wildman–Crippen LogP) is 7.31. The zero-order chi connectivity index (χ0) is 20.2. The molecule has 1 aromatic carbocycles. The molecule has 154 valence electrons. The Hall–Kier alpha value is -1.07. The highest BCUT2D eigenvalue weighted by atomic mass is 35.5. The van der Waals surface area contributed by atoms with E-state index in [2.05, 4.69) is 9.55 Å². The van der Waals surface area contributed by atoms with Crippen molar-refractivity contribution < 1.29 is 9.47 Å². The molecule has 0 atom stereocenters. The molecular formula is C20H24Cl4N2O2. The van der Waals surface area contributed by atoms with Gasteiger partial charge in [-0.3, -0.25) is 0 Å². The SMILES string of the molecule is ClC(Cl)=CCOc1cc(Cl)c(OCCCCCCCCn2ccnc2)c(Cl)c1. The molecule has 0 fully saturated rings. The summed E-state index contributed by atoms with van der Waals surface area (Å²) in [7, 11) is 0. The van der Waals surface area contributed by atoms with Crippen molar-refractivity contribution in [3.63, 3.8) is 0 Å². The van der Waals surface area contributed by atoms with E-state index in [0.29, 0.717) is 28.2 Å². The Morgan fingerprint density at radius 2 is 1.64 bits per heavy atom. The molecular weight excluding hydrogens is 442 g/mol. The Labute approximate surface area is 186 Å². The van der Waals surface area contributed by atoms with Gasteiger partial charge in [-0.1, -0.05) is 72.1 Å². The number of hydrogen-bond acceptors (Lipinski definition) is 3. The van der Waals surface area contributed by atoms with Crippen LogP contribution in [-0.2, 0) is 6.54 Å². The van der Waals surface area contributed by atoms with Gasteiger partial charge < -0.3 is 14.0 Å². The van der Waals surface area contributed by atoms with E-state index in [9.17, 15) is 0 Å². The number of halogens is 4. The average molecular weight is 466 g/mol. The highest BCUT2D eigenvalue weighted by Gasteiger charge is 2.10. The van der Waals surface area contributed by atoms with E-state index < -0.39 is 0 Å². The molecule has 0 amide bonds. The fourth-order valence-electron chi connectivity index (χ4n) is 2.66. The standard InChI is InChI=1S/C20H24Cl4N2O2/c21-17-13-16(27-12-7-19(23)24)14-18(22)20(17)28-11-6-4-2-1-3-5-9-26-10-8-25-15-26/h7-8,10,13-15H,1-6,9,11-12H2. The van der Waals surface area contributed by atoms with E-state index in [0.717, 1.165) is 19.4 Å². The average Bonchev–Trinajstić information content (AvgIpc) is 3.15. The first-order valence-electron chi connectivity index (χ1n) is 9.28. The summed E-state index contributed by atoms with van der Waals surface area (Å²) in [4.78, 5) is 4.04. The van der Waals surface area contributed by atoms with Crippen molar-refractivity contribution in [2.24, 2.45) is 0 Å². The van der Waals surface area contributed by atoms with Crippen LogP contribution in [0.3, 0.4) is 0 Å². The van der Waals surface area contributed by atoms with Crippen molar-refractivity contribution >= 4 is 46.4 Å². The number of ether oxygens (including phenoxy) is 2. The smallest absolute Gasteiger partial charge is 0.156 e. The fraction of sp³-hybridized carbons (Fsp3) is 0.450. The lowest BCUT2D eigenvalue weighted by Crippen LogP contribution is -2.00. The molecule has 2 aromatic rings. The van der Waals surface area contributed by atoms with Crippen LogP contribution < -0.4 is 9.47 Å². The van der Waals surface area contributed by atoms with Crippen molar-refractivity contribution in [2.45, 2.75) is 45.1 Å². The third-order valence-electron chi connectivity index (χ3n) is 4.08. The van der Waals surface area contributed by atoms with Crippen LogP contribution in [-0.4, -0.2) is 22.8 Å². The number of aryl methyl sites for hydroxylation is 1. The van der Waals surface area contributed by atoms with Gasteiger partial charge in [-0.15, -0.1) is 0 Å². The largest absolute Gasteiger partial charge is 0.490 e. The maximum atomic E-state index is 6.25. The van der Waals surface area contributed by atoms with Crippen molar-refractivity contribution in [3.05, 3.63) is 51.5 Å². The third-order valence-corrected chi connectivity index (χ3v) is 4.95. The summed E-state index contributed by atoms with van der Waals surface area (Å²) in [5.41, 5.74) is 0. The molecule has 1 aromatic heterocycles. The summed E-state index contributed by atoms with van der Waals surface area (Å²) in [6, 6.07) is 3.33. The monoisotopic (exact) mass is 464 g/mol. The van der Waals surface area contributed by atoms with E-state index >= 15 is 0 Å². The van der Waals surface area contributed by atoms with Crippen molar-refractivity contribution in [1.29, 1.82) is 0 Å². The van der Waals surface area contributed by atoms with E-state index in [1.165, 1.54) is 31.8 Å². The van der Waals surface area contributed by atoms with Crippen LogP contribution in [0.4, 0.5) is 0 Å². The fourth-order valence-corrected chi connectivity index (χ4v) is 3.36. The minimum Gasteiger partial charge on any atom is -0.490 e. The Bertz CT molecular complexity index is 709. The first-order chi connectivity index (χ1) is 13.6. The Balaban J connectivity index is 1.59. The molecule has 1 heterocycles. The molecule has 8 heteroatoms. The lowest BCUT2D eigenvalue weighted by molar-refractivity contribution is 0.303. The summed E-state index contributed by atoms with van der Waals surface area (Å²) in [6.07, 6.45) is 14.1. The van der Waals surface area contributed by atoms with E-state index in [4.69, 9.17) is 55.9 Å². The second-order valence-corrected chi connectivity index (χ2v) is 8.11. The maximum absolute atomic E-state index is 6.25. The van der Waals surface area contributed by atoms with Gasteiger partial charge in [0, 0.05) is 31.1 Å². The van der Waals surface area contributed by atoms with Gasteiger partial charge in [0.2, 0.25) is 0 Å². The minimum absolute atomic E-state index is 0.148. The number of rotatable bonds is 13. The molecule has 0 bridgehead atoms. The summed E-state index contributed by atoms with van der Waals surface area (Å²) >= 11 is 23.6. The van der Waals surface area contributed by atoms with Crippen molar-refractivity contribution in [2.75, 3.05) is 13.2 Å². The molecule has 4 nitrogen and oxygen atoms in total. The van der Waals surface area contributed by atoms with Crippen LogP contribution in [0, 0.1) is 0 Å². The second kappa shape index (κ2) is 13.2. The van der Waals surface area contributed by atoms with Gasteiger partial charge in [-0.2, -0.15) is 0 Å². The highest BCUT2D eigenvalue weighted by Crippen LogP contribution is 2.37. The first-order valence-corrected chi connectivity index (χ1v) is 10.8. The summed E-state index contributed by atoms with van der Waals surface area (Å²) < 4.78 is 13.5. The van der Waals surface area contributed by atoms with Crippen molar-refractivity contribution in [3.8, 4) is 11.5 Å². The van der Waals surface area contributed by atoms with E-state index in [1.807, 2.05) is 18.7 Å². The van der Waals surface area contributed by atoms with Crippen LogP contribution in [0.1, 0.15) is 38.5 Å². The number of imidazole rings is 1. The molecule has 0 aliphatic heterocycles. The van der Waals surface area contributed by atoms with Gasteiger partial charge in [0.25, 0.3) is 0 Å². The maximum Gasteiger partial charge on any atom is 0.156 e. The number of nitrogens with zero attached hydrogens (tertiary/aromatic N) is 2. The Kier molecular flexibility index (Phi) is 10.9. The quantitative estimate of drug-likeness (QED) is 0.291. The summed E-state index contributed by atoms with van der Waals surface area (Å²) in [6.45, 7) is 1.85. The molecule has 0 saturated heterocycles. The number of unbranched alkanes of at least 4 members (excludes halogenated alkanes) is 5. The summed E-state index contributed by atoms with van der Waals surface area (Å²) in [5, 5.41) is 0.839. The highest BCUT2D eigenvalue weighted by molar-refractivity contribution is 6.55. The molecule has 0 spiro atoms. The normalized spacial score (nSPS) is 10.7. The van der Waals surface area contributed by atoms with Crippen LogP contribution >= 0.6 is 46.4 Å². The molecule has 0 N–H and O–H groups in total. The minimum atomic E-state index is 0.148. The van der Waals surface area contributed by atoms with Gasteiger partial charge in [-0.25, -0.2) is 4.98 Å². The first kappa shape index (κ1) is 23.2. The van der Waals surface area contributed by atoms with E-state index in [-0.39, 0.29) is 11.1 Å². The lowest BCUT2D eigenvalue weighted by Gasteiger charge is -2.12. The van der Waals surface area contributed by atoms with Gasteiger partial charge >= 0.3 is 0 Å². The molecule has 28 heavy (non-hydrogen) atoms. The van der Waals surface area contributed by atoms with E-state index in [1.54, 1.807) is 12.1 Å². The molecule has 0 aliphatic carbocycles. The van der Waals surface area contributed by atoms with Crippen molar-refractivity contribution in [1.82, 2.24) is 9.55 Å². The third kappa shape index (κ3) is 8.95. The van der Waals surface area contributed by atoms with Gasteiger partial charge in [-0.05, 0) is 18.9 Å². The van der Waals surface area contributed by atoms with Crippen LogP contribution in [0.5, 0.6) is 11.5 Å². The molecule has 0 saturated carbocycles. The van der Waals surface area contributed by atoms with Gasteiger partial charge in [0.15, 0.2) is 5.75 Å². The van der Waals surface area contributed by atoms with Crippen LogP contribution in [0.25, 0.3) is 0 Å². The molecule has 0 unspecified atom stereocenters.